The molecule has 0 unspecified atom stereocenters. The second-order valence-electron chi connectivity index (χ2n) is 6.87. The summed E-state index contributed by atoms with van der Waals surface area (Å²) in [6, 6.07) is 7.63. The summed E-state index contributed by atoms with van der Waals surface area (Å²) in [4.78, 5) is 28.7. The Morgan fingerprint density at radius 2 is 2.08 bits per heavy atom. The molecule has 7 heteroatoms. The predicted molar refractivity (Wildman–Crippen MR) is 100 cm³/mol. The van der Waals surface area contributed by atoms with E-state index in [-0.39, 0.29) is 17.7 Å². The first kappa shape index (κ1) is 19.1. The molecule has 0 spiro atoms. The number of rotatable bonds is 7. The van der Waals surface area contributed by atoms with Gasteiger partial charge in [0, 0.05) is 50.7 Å². The van der Waals surface area contributed by atoms with Crippen LogP contribution in [0.5, 0.6) is 0 Å². The van der Waals surface area contributed by atoms with Gasteiger partial charge in [-0.3, -0.25) is 14.5 Å². The largest absolute Gasteiger partial charge is 0.379 e. The van der Waals surface area contributed by atoms with Crippen LogP contribution >= 0.6 is 11.6 Å². The molecule has 1 atom stereocenters. The van der Waals surface area contributed by atoms with Gasteiger partial charge in [0.25, 0.3) is 0 Å². The van der Waals surface area contributed by atoms with Gasteiger partial charge in [0.15, 0.2) is 0 Å². The summed E-state index contributed by atoms with van der Waals surface area (Å²) < 4.78 is 5.33. The van der Waals surface area contributed by atoms with E-state index in [4.69, 9.17) is 16.3 Å². The van der Waals surface area contributed by atoms with Gasteiger partial charge in [-0.15, -0.1) is 0 Å². The van der Waals surface area contributed by atoms with Gasteiger partial charge in [-0.25, -0.2) is 0 Å². The van der Waals surface area contributed by atoms with Crippen molar-refractivity contribution in [3.63, 3.8) is 0 Å². The third kappa shape index (κ3) is 5.43. The molecule has 2 heterocycles. The van der Waals surface area contributed by atoms with Crippen molar-refractivity contribution in [1.82, 2.24) is 15.1 Å². The van der Waals surface area contributed by atoms with Gasteiger partial charge in [-0.2, -0.15) is 0 Å². The second-order valence-corrected chi connectivity index (χ2v) is 7.30. The minimum atomic E-state index is -0.244. The van der Waals surface area contributed by atoms with Crippen LogP contribution in [0.15, 0.2) is 24.3 Å². The van der Waals surface area contributed by atoms with Crippen molar-refractivity contribution in [2.24, 2.45) is 5.92 Å². The highest BCUT2D eigenvalue weighted by molar-refractivity contribution is 6.30. The Morgan fingerprint density at radius 3 is 2.85 bits per heavy atom. The van der Waals surface area contributed by atoms with Crippen LogP contribution in [0, 0.1) is 5.92 Å². The Balaban J connectivity index is 1.38. The molecular weight excluding hydrogens is 354 g/mol. The zero-order valence-electron chi connectivity index (χ0n) is 15.0. The monoisotopic (exact) mass is 379 g/mol. The van der Waals surface area contributed by atoms with Gasteiger partial charge in [0.2, 0.25) is 11.8 Å². The van der Waals surface area contributed by atoms with Crippen molar-refractivity contribution in [3.05, 3.63) is 34.9 Å². The van der Waals surface area contributed by atoms with Gasteiger partial charge in [-0.05, 0) is 24.1 Å². The first-order valence-corrected chi connectivity index (χ1v) is 9.59. The van der Waals surface area contributed by atoms with Crippen molar-refractivity contribution in [1.29, 1.82) is 0 Å². The van der Waals surface area contributed by atoms with E-state index in [9.17, 15) is 9.59 Å². The minimum absolute atomic E-state index is 0.0331. The van der Waals surface area contributed by atoms with E-state index in [1.807, 2.05) is 29.2 Å². The molecule has 3 rings (SSSR count). The van der Waals surface area contributed by atoms with Crippen molar-refractivity contribution in [2.45, 2.75) is 12.8 Å². The van der Waals surface area contributed by atoms with E-state index in [0.29, 0.717) is 31.1 Å². The van der Waals surface area contributed by atoms with Crippen LogP contribution in [0.4, 0.5) is 0 Å². The normalized spacial score (nSPS) is 21.2. The molecule has 0 aliphatic carbocycles. The first-order chi connectivity index (χ1) is 12.6. The Labute approximate surface area is 159 Å². The topological polar surface area (TPSA) is 61.9 Å². The lowest BCUT2D eigenvalue weighted by Crippen LogP contribution is -2.42. The molecule has 0 radical (unpaired) electrons. The summed E-state index contributed by atoms with van der Waals surface area (Å²) >= 11 is 5.97. The van der Waals surface area contributed by atoms with Crippen LogP contribution in [-0.4, -0.2) is 74.1 Å². The molecule has 6 nitrogen and oxygen atoms in total. The molecule has 2 saturated heterocycles. The highest BCUT2D eigenvalue weighted by Gasteiger charge is 2.34. The lowest BCUT2D eigenvalue weighted by atomic mass is 10.1. The minimum Gasteiger partial charge on any atom is -0.379 e. The molecule has 2 aliphatic rings. The number of nitrogens with zero attached hydrogens (tertiary/aromatic N) is 2. The second kappa shape index (κ2) is 9.35. The van der Waals surface area contributed by atoms with E-state index in [2.05, 4.69) is 10.2 Å². The van der Waals surface area contributed by atoms with Gasteiger partial charge in [0.05, 0.1) is 19.1 Å². The molecule has 1 N–H and O–H groups in total. The van der Waals surface area contributed by atoms with E-state index in [1.54, 1.807) is 0 Å². The molecule has 26 heavy (non-hydrogen) atoms. The number of likely N-dealkylation sites (tertiary alicyclic amines) is 1. The van der Waals surface area contributed by atoms with E-state index in [0.717, 1.165) is 44.8 Å². The highest BCUT2D eigenvalue weighted by atomic mass is 35.5. The standard InChI is InChI=1S/C19H26ClN3O3/c20-17-3-1-2-15(12-17)4-5-21-19(25)16-13-18(24)23(14-16)7-6-22-8-10-26-11-9-22/h1-3,12,16H,4-11,13-14H2,(H,21,25)/t16-/m1/s1. The van der Waals surface area contributed by atoms with Crippen LogP contribution < -0.4 is 5.32 Å². The van der Waals surface area contributed by atoms with E-state index < -0.39 is 0 Å². The molecule has 2 amide bonds. The smallest absolute Gasteiger partial charge is 0.225 e. The quantitative estimate of drug-likeness (QED) is 0.772. The van der Waals surface area contributed by atoms with Crippen LogP contribution in [0.2, 0.25) is 5.02 Å². The summed E-state index contributed by atoms with van der Waals surface area (Å²) in [7, 11) is 0. The Morgan fingerprint density at radius 1 is 1.27 bits per heavy atom. The zero-order chi connectivity index (χ0) is 18.4. The number of morpholine rings is 1. The van der Waals surface area contributed by atoms with Crippen molar-refractivity contribution < 1.29 is 14.3 Å². The Kier molecular flexibility index (Phi) is 6.88. The lowest BCUT2D eigenvalue weighted by molar-refractivity contribution is -0.129. The van der Waals surface area contributed by atoms with E-state index >= 15 is 0 Å². The van der Waals surface area contributed by atoms with Gasteiger partial charge in [0.1, 0.15) is 0 Å². The molecule has 0 aromatic heterocycles. The highest BCUT2D eigenvalue weighted by Crippen LogP contribution is 2.18. The third-order valence-electron chi connectivity index (χ3n) is 4.98. The SMILES string of the molecule is O=C(NCCc1cccc(Cl)c1)[C@@H]1CC(=O)N(CCN2CCOCC2)C1. The summed E-state index contributed by atoms with van der Waals surface area (Å²) in [6.07, 6.45) is 1.04. The van der Waals surface area contributed by atoms with Crippen molar-refractivity contribution >= 4 is 23.4 Å². The molecule has 2 aliphatic heterocycles. The molecule has 1 aromatic rings. The maximum absolute atomic E-state index is 12.4. The summed E-state index contributed by atoms with van der Waals surface area (Å²) in [6.45, 7) is 5.94. The van der Waals surface area contributed by atoms with Gasteiger partial charge in [-0.1, -0.05) is 23.7 Å². The molecule has 0 bridgehead atoms. The molecule has 1 aromatic carbocycles. The summed E-state index contributed by atoms with van der Waals surface area (Å²) in [5.74, 6) is -0.200. The van der Waals surface area contributed by atoms with Crippen LogP contribution in [0.3, 0.4) is 0 Å². The number of benzene rings is 1. The molecule has 2 fully saturated rings. The van der Waals surface area contributed by atoms with Crippen molar-refractivity contribution in [2.75, 3.05) is 52.5 Å². The molecular formula is C19H26ClN3O3. The number of nitrogens with one attached hydrogen (secondary N) is 1. The maximum Gasteiger partial charge on any atom is 0.225 e. The predicted octanol–water partition coefficient (Wildman–Crippen LogP) is 1.18. The fourth-order valence-corrected chi connectivity index (χ4v) is 3.63. The number of halogens is 1. The number of amides is 2. The zero-order valence-corrected chi connectivity index (χ0v) is 15.7. The van der Waals surface area contributed by atoms with Crippen molar-refractivity contribution in [3.8, 4) is 0 Å². The Hall–Kier alpha value is -1.63. The fraction of sp³-hybridized carbons (Fsp3) is 0.579. The number of hydrogen-bond acceptors (Lipinski definition) is 4. The van der Waals surface area contributed by atoms with Crippen LogP contribution in [-0.2, 0) is 20.7 Å². The fourth-order valence-electron chi connectivity index (χ4n) is 3.42. The first-order valence-electron chi connectivity index (χ1n) is 9.22. The molecule has 0 saturated carbocycles. The summed E-state index contributed by atoms with van der Waals surface area (Å²) in [5.41, 5.74) is 1.09. The number of ether oxygens (including phenoxy) is 1. The molecule has 142 valence electrons. The lowest BCUT2D eigenvalue weighted by Gasteiger charge is -2.28. The summed E-state index contributed by atoms with van der Waals surface area (Å²) in [5, 5.41) is 3.65. The number of hydrogen-bond donors (Lipinski definition) is 1. The number of carbonyl (C=O) groups excluding carboxylic acids is 2. The van der Waals surface area contributed by atoms with Gasteiger partial charge >= 0.3 is 0 Å². The number of carbonyl (C=O) groups is 2. The third-order valence-corrected chi connectivity index (χ3v) is 5.21. The van der Waals surface area contributed by atoms with E-state index in [1.165, 1.54) is 0 Å². The average Bonchev–Trinajstić information content (AvgIpc) is 3.02. The van der Waals surface area contributed by atoms with Crippen LogP contribution in [0.1, 0.15) is 12.0 Å². The average molecular weight is 380 g/mol. The van der Waals surface area contributed by atoms with Gasteiger partial charge < -0.3 is 15.0 Å². The Bertz CT molecular complexity index is 634. The van der Waals surface area contributed by atoms with Crippen LogP contribution in [0.25, 0.3) is 0 Å². The maximum atomic E-state index is 12.4.